The molecular weight excluding hydrogens is 144 g/mol. The minimum atomic E-state index is -0.505. The molecule has 0 heterocycles. The molecule has 0 atom stereocenters. The number of carbonyl (C=O) groups excluding carboxylic acids is 2. The molecule has 0 aromatic rings. The Morgan fingerprint density at radius 2 is 2.36 bits per heavy atom. The molecule has 0 aliphatic heterocycles. The molecule has 0 bridgehead atoms. The van der Waals surface area contributed by atoms with Gasteiger partial charge in [-0.05, 0) is 12.8 Å². The van der Waals surface area contributed by atoms with Crippen LogP contribution >= 0.6 is 0 Å². The lowest BCUT2D eigenvalue weighted by Crippen LogP contribution is -2.16. The summed E-state index contributed by atoms with van der Waals surface area (Å²) in [5.41, 5.74) is 0.221. The van der Waals surface area contributed by atoms with E-state index in [0.717, 1.165) is 12.8 Å². The van der Waals surface area contributed by atoms with Gasteiger partial charge in [0, 0.05) is 6.42 Å². The van der Waals surface area contributed by atoms with E-state index in [1.165, 1.54) is 7.11 Å². The molecule has 0 amide bonds. The van der Waals surface area contributed by atoms with Crippen LogP contribution in [0.3, 0.4) is 0 Å². The van der Waals surface area contributed by atoms with Gasteiger partial charge in [-0.2, -0.15) is 0 Å². The first kappa shape index (κ1) is 7.98. The van der Waals surface area contributed by atoms with E-state index in [4.69, 9.17) is 0 Å². The van der Waals surface area contributed by atoms with Crippen molar-refractivity contribution in [3.8, 4) is 0 Å². The minimum Gasteiger partial charge on any atom is -0.465 e. The third-order valence-electron chi connectivity index (χ3n) is 1.66. The van der Waals surface area contributed by atoms with Gasteiger partial charge in [-0.1, -0.05) is 6.08 Å². The molecule has 1 rings (SSSR count). The van der Waals surface area contributed by atoms with Crippen molar-refractivity contribution in [3.63, 3.8) is 0 Å². The molecule has 3 nitrogen and oxygen atoms in total. The second kappa shape index (κ2) is 3.32. The van der Waals surface area contributed by atoms with Crippen LogP contribution in [0.2, 0.25) is 0 Å². The smallest absolute Gasteiger partial charge is 0.341 e. The zero-order valence-corrected chi connectivity index (χ0v) is 6.42. The lowest BCUT2D eigenvalue weighted by molar-refractivity contribution is -0.138. The fraction of sp³-hybridized carbons (Fsp3) is 0.500. The van der Waals surface area contributed by atoms with Gasteiger partial charge in [0.2, 0.25) is 0 Å². The number of Topliss-reactive ketones (excluding diaryl/α,β-unsaturated/α-hetero) is 1. The summed E-state index contributed by atoms with van der Waals surface area (Å²) < 4.78 is 4.43. The molecule has 1 aliphatic carbocycles. The standard InChI is InChI=1S/C8H10O3/c1-11-8(10)6-4-2-3-5-7(6)9/h4H,2-3,5H2,1H3. The molecule has 1 aliphatic rings. The van der Waals surface area contributed by atoms with Gasteiger partial charge in [-0.3, -0.25) is 4.79 Å². The van der Waals surface area contributed by atoms with Crippen LogP contribution in [-0.4, -0.2) is 18.9 Å². The Labute approximate surface area is 65.0 Å². The van der Waals surface area contributed by atoms with Gasteiger partial charge >= 0.3 is 5.97 Å². The monoisotopic (exact) mass is 154 g/mol. The zero-order valence-electron chi connectivity index (χ0n) is 6.42. The first-order valence-electron chi connectivity index (χ1n) is 3.57. The largest absolute Gasteiger partial charge is 0.465 e. The third kappa shape index (κ3) is 1.67. The van der Waals surface area contributed by atoms with Crippen molar-refractivity contribution < 1.29 is 14.3 Å². The maximum atomic E-state index is 11.0. The number of ether oxygens (including phenoxy) is 1. The summed E-state index contributed by atoms with van der Waals surface area (Å²) in [6, 6.07) is 0. The zero-order chi connectivity index (χ0) is 8.27. The second-order valence-electron chi connectivity index (χ2n) is 2.42. The molecular formula is C8H10O3. The molecule has 11 heavy (non-hydrogen) atoms. The van der Waals surface area contributed by atoms with E-state index >= 15 is 0 Å². The maximum Gasteiger partial charge on any atom is 0.341 e. The Balaban J connectivity index is 2.75. The Kier molecular flexibility index (Phi) is 2.41. The van der Waals surface area contributed by atoms with Crippen molar-refractivity contribution in [1.29, 1.82) is 0 Å². The molecule has 60 valence electrons. The quantitative estimate of drug-likeness (QED) is 0.415. The van der Waals surface area contributed by atoms with E-state index in [1.54, 1.807) is 6.08 Å². The van der Waals surface area contributed by atoms with Crippen molar-refractivity contribution in [2.45, 2.75) is 19.3 Å². The number of ketones is 1. The Morgan fingerprint density at radius 1 is 1.64 bits per heavy atom. The first-order valence-corrected chi connectivity index (χ1v) is 3.57. The highest BCUT2D eigenvalue weighted by atomic mass is 16.5. The van der Waals surface area contributed by atoms with Crippen molar-refractivity contribution in [1.82, 2.24) is 0 Å². The summed E-state index contributed by atoms with van der Waals surface area (Å²) >= 11 is 0. The normalized spacial score (nSPS) is 17.5. The topological polar surface area (TPSA) is 43.4 Å². The van der Waals surface area contributed by atoms with Gasteiger partial charge in [0.25, 0.3) is 0 Å². The van der Waals surface area contributed by atoms with Gasteiger partial charge in [-0.15, -0.1) is 0 Å². The van der Waals surface area contributed by atoms with Crippen LogP contribution in [-0.2, 0) is 14.3 Å². The predicted octanol–water partition coefficient (Wildman–Crippen LogP) is 0.839. The fourth-order valence-corrected chi connectivity index (χ4v) is 1.06. The van der Waals surface area contributed by atoms with Crippen molar-refractivity contribution in [3.05, 3.63) is 11.6 Å². The van der Waals surface area contributed by atoms with Crippen LogP contribution in [0.1, 0.15) is 19.3 Å². The maximum absolute atomic E-state index is 11.0. The molecule has 0 saturated heterocycles. The average Bonchev–Trinajstić information content (AvgIpc) is 2.04. The van der Waals surface area contributed by atoms with Crippen LogP contribution in [0.25, 0.3) is 0 Å². The second-order valence-corrected chi connectivity index (χ2v) is 2.42. The van der Waals surface area contributed by atoms with Crippen LogP contribution in [0.4, 0.5) is 0 Å². The highest BCUT2D eigenvalue weighted by molar-refractivity contribution is 6.17. The summed E-state index contributed by atoms with van der Waals surface area (Å²) in [6.07, 6.45) is 3.77. The van der Waals surface area contributed by atoms with Crippen LogP contribution in [0, 0.1) is 0 Å². The molecule has 0 saturated carbocycles. The number of carbonyl (C=O) groups is 2. The fourth-order valence-electron chi connectivity index (χ4n) is 1.06. The van der Waals surface area contributed by atoms with Gasteiger partial charge in [0.15, 0.2) is 5.78 Å². The van der Waals surface area contributed by atoms with Gasteiger partial charge < -0.3 is 4.74 Å². The van der Waals surface area contributed by atoms with E-state index in [0.29, 0.717) is 6.42 Å². The van der Waals surface area contributed by atoms with Gasteiger partial charge in [0.05, 0.1) is 12.7 Å². The third-order valence-corrected chi connectivity index (χ3v) is 1.66. The van der Waals surface area contributed by atoms with Crippen molar-refractivity contribution in [2.75, 3.05) is 7.11 Å². The number of esters is 1. The molecule has 0 unspecified atom stereocenters. The molecule has 0 N–H and O–H groups in total. The Morgan fingerprint density at radius 3 is 2.91 bits per heavy atom. The highest BCUT2D eigenvalue weighted by Crippen LogP contribution is 2.14. The number of allylic oxidation sites excluding steroid dienone is 1. The van der Waals surface area contributed by atoms with E-state index in [9.17, 15) is 9.59 Å². The highest BCUT2D eigenvalue weighted by Gasteiger charge is 2.20. The predicted molar refractivity (Wildman–Crippen MR) is 39.0 cm³/mol. The molecule has 0 aromatic heterocycles. The summed E-state index contributed by atoms with van der Waals surface area (Å²) in [6.45, 7) is 0. The van der Waals surface area contributed by atoms with Gasteiger partial charge in [-0.25, -0.2) is 4.79 Å². The number of rotatable bonds is 1. The summed E-state index contributed by atoms with van der Waals surface area (Å²) in [5.74, 6) is -0.599. The minimum absolute atomic E-state index is 0.0944. The van der Waals surface area contributed by atoms with Crippen LogP contribution in [0.5, 0.6) is 0 Å². The van der Waals surface area contributed by atoms with Crippen molar-refractivity contribution >= 4 is 11.8 Å². The SMILES string of the molecule is COC(=O)C1=CCCCC1=O. The summed E-state index contributed by atoms with van der Waals surface area (Å²) in [5, 5.41) is 0. The molecule has 0 aromatic carbocycles. The van der Waals surface area contributed by atoms with E-state index in [2.05, 4.69) is 4.74 Å². The summed E-state index contributed by atoms with van der Waals surface area (Å²) in [7, 11) is 1.28. The molecule has 3 heteroatoms. The number of hydrogen-bond donors (Lipinski definition) is 0. The van der Waals surface area contributed by atoms with Gasteiger partial charge in [0.1, 0.15) is 0 Å². The van der Waals surface area contributed by atoms with Crippen molar-refractivity contribution in [2.24, 2.45) is 0 Å². The molecule has 0 radical (unpaired) electrons. The van der Waals surface area contributed by atoms with E-state index in [-0.39, 0.29) is 11.4 Å². The number of hydrogen-bond acceptors (Lipinski definition) is 3. The molecule has 0 spiro atoms. The van der Waals surface area contributed by atoms with E-state index in [1.807, 2.05) is 0 Å². The lowest BCUT2D eigenvalue weighted by Gasteiger charge is -2.08. The first-order chi connectivity index (χ1) is 5.25. The Bertz CT molecular complexity index is 215. The Hall–Kier alpha value is -1.12. The summed E-state index contributed by atoms with van der Waals surface area (Å²) in [4.78, 5) is 21.9. The number of methoxy groups -OCH3 is 1. The van der Waals surface area contributed by atoms with Crippen LogP contribution in [0.15, 0.2) is 11.6 Å². The van der Waals surface area contributed by atoms with Crippen LogP contribution < -0.4 is 0 Å². The van der Waals surface area contributed by atoms with E-state index < -0.39 is 5.97 Å². The molecule has 0 fully saturated rings. The average molecular weight is 154 g/mol. The lowest BCUT2D eigenvalue weighted by atomic mass is 9.98.